The SMILES string of the molecule is CCCC=CC=CC(O)=C1C(=O)[C@@H](CC(O)(C(=O)O)C(C)C)N(C)C1=O. The zero-order valence-corrected chi connectivity index (χ0v) is 15.6. The number of likely N-dealkylation sites (N-methyl/N-ethyl adjacent to an activating group) is 1. The predicted molar refractivity (Wildman–Crippen MR) is 96.4 cm³/mol. The van der Waals surface area contributed by atoms with Crippen molar-refractivity contribution < 1.29 is 29.7 Å². The molecule has 0 saturated carbocycles. The lowest BCUT2D eigenvalue weighted by Crippen LogP contribution is -2.49. The van der Waals surface area contributed by atoms with E-state index in [-0.39, 0.29) is 0 Å². The number of carbonyl (C=O) groups is 3. The lowest BCUT2D eigenvalue weighted by atomic mass is 9.83. The van der Waals surface area contributed by atoms with Gasteiger partial charge in [-0.15, -0.1) is 0 Å². The number of carboxylic acid groups (broad SMARTS) is 1. The first-order chi connectivity index (χ1) is 12.1. The fraction of sp³-hybridized carbons (Fsp3) is 0.526. The van der Waals surface area contributed by atoms with Gasteiger partial charge in [-0.25, -0.2) is 4.79 Å². The number of hydrogen-bond acceptors (Lipinski definition) is 5. The van der Waals surface area contributed by atoms with Crippen LogP contribution in [0.4, 0.5) is 0 Å². The number of carbonyl (C=O) groups excluding carboxylic acids is 2. The minimum absolute atomic E-state index is 0.394. The maximum atomic E-state index is 12.6. The summed E-state index contributed by atoms with van der Waals surface area (Å²) >= 11 is 0. The molecule has 1 fully saturated rings. The van der Waals surface area contributed by atoms with Crippen molar-refractivity contribution in [1.29, 1.82) is 0 Å². The molecule has 0 bridgehead atoms. The van der Waals surface area contributed by atoms with Gasteiger partial charge in [-0.2, -0.15) is 0 Å². The Morgan fingerprint density at radius 1 is 1.27 bits per heavy atom. The van der Waals surface area contributed by atoms with E-state index in [1.165, 1.54) is 33.0 Å². The first-order valence-electron chi connectivity index (χ1n) is 8.61. The van der Waals surface area contributed by atoms with Crippen LogP contribution in [0.15, 0.2) is 35.6 Å². The molecule has 1 amide bonds. The predicted octanol–water partition coefficient (Wildman–Crippen LogP) is 1.98. The molecule has 7 heteroatoms. The van der Waals surface area contributed by atoms with Crippen LogP contribution in [0.25, 0.3) is 0 Å². The topological polar surface area (TPSA) is 115 Å². The zero-order valence-electron chi connectivity index (χ0n) is 15.6. The number of unbranched alkanes of at least 4 members (excludes halogenated alkanes) is 1. The standard InChI is InChI=1S/C19H27NO6/c1-5-6-7-8-9-10-14(21)15-16(22)13(20(4)17(15)23)11-19(26,12(2)3)18(24)25/h7-10,12-13,21,26H,5-6,11H2,1-4H3,(H,24,25)/t13-,19?/m1/s1. The molecular weight excluding hydrogens is 338 g/mol. The molecule has 0 radical (unpaired) electrons. The number of allylic oxidation sites excluding steroid dienone is 4. The molecule has 1 heterocycles. The number of carboxylic acids is 1. The number of aliphatic hydroxyl groups is 2. The monoisotopic (exact) mass is 365 g/mol. The highest BCUT2D eigenvalue weighted by Gasteiger charge is 2.50. The van der Waals surface area contributed by atoms with E-state index in [0.717, 1.165) is 17.7 Å². The van der Waals surface area contributed by atoms with Gasteiger partial charge in [0.15, 0.2) is 11.4 Å². The summed E-state index contributed by atoms with van der Waals surface area (Å²) in [7, 11) is 1.35. The Kier molecular flexibility index (Phi) is 7.32. The molecule has 0 spiro atoms. The van der Waals surface area contributed by atoms with Crippen LogP contribution in [0.1, 0.15) is 40.0 Å². The maximum Gasteiger partial charge on any atom is 0.336 e. The number of likely N-dealkylation sites (tertiary alicyclic amines) is 1. The molecule has 2 atom stereocenters. The molecule has 0 aromatic heterocycles. The minimum Gasteiger partial charge on any atom is -0.507 e. The maximum absolute atomic E-state index is 12.6. The molecule has 26 heavy (non-hydrogen) atoms. The van der Waals surface area contributed by atoms with Crippen molar-refractivity contribution in [2.24, 2.45) is 5.92 Å². The molecule has 1 unspecified atom stereocenters. The normalized spacial score (nSPS) is 22.7. The quantitative estimate of drug-likeness (QED) is 0.262. The second kappa shape index (κ2) is 8.80. The Balaban J connectivity index is 3.12. The van der Waals surface area contributed by atoms with Crippen molar-refractivity contribution in [3.05, 3.63) is 35.6 Å². The highest BCUT2D eigenvalue weighted by Crippen LogP contribution is 2.31. The number of ketones is 1. The Bertz CT molecular complexity index is 661. The lowest BCUT2D eigenvalue weighted by molar-refractivity contribution is -0.166. The summed E-state index contributed by atoms with van der Waals surface area (Å²) in [6, 6.07) is -1.15. The van der Waals surface area contributed by atoms with Crippen LogP contribution in [0, 0.1) is 5.92 Å². The number of rotatable bonds is 8. The third kappa shape index (κ3) is 4.40. The average Bonchev–Trinajstić information content (AvgIpc) is 2.77. The third-order valence-corrected chi connectivity index (χ3v) is 4.59. The van der Waals surface area contributed by atoms with E-state index in [1.807, 2.05) is 13.0 Å². The van der Waals surface area contributed by atoms with Gasteiger partial charge in [0.25, 0.3) is 5.91 Å². The molecule has 7 nitrogen and oxygen atoms in total. The van der Waals surface area contributed by atoms with Crippen molar-refractivity contribution in [1.82, 2.24) is 4.90 Å². The van der Waals surface area contributed by atoms with Gasteiger partial charge in [0, 0.05) is 13.5 Å². The number of Topliss-reactive ketones (excluding diaryl/α,β-unsaturated/α-hetero) is 1. The van der Waals surface area contributed by atoms with E-state index in [1.54, 1.807) is 6.08 Å². The van der Waals surface area contributed by atoms with E-state index < -0.39 is 53.0 Å². The van der Waals surface area contributed by atoms with Gasteiger partial charge in [-0.1, -0.05) is 45.4 Å². The number of hydrogen-bond donors (Lipinski definition) is 3. The van der Waals surface area contributed by atoms with E-state index in [9.17, 15) is 29.7 Å². The molecule has 1 saturated heterocycles. The molecule has 0 aromatic carbocycles. The smallest absolute Gasteiger partial charge is 0.336 e. The van der Waals surface area contributed by atoms with E-state index in [4.69, 9.17) is 0 Å². The second-order valence-electron chi connectivity index (χ2n) is 6.72. The summed E-state index contributed by atoms with van der Waals surface area (Å²) in [6.45, 7) is 5.07. The molecule has 1 rings (SSSR count). The summed E-state index contributed by atoms with van der Waals surface area (Å²) in [6.07, 6.45) is 7.76. The van der Waals surface area contributed by atoms with Gasteiger partial charge >= 0.3 is 5.97 Å². The highest BCUT2D eigenvalue weighted by molar-refractivity contribution is 6.27. The van der Waals surface area contributed by atoms with Crippen LogP contribution in [0.3, 0.4) is 0 Å². The molecule has 0 aromatic rings. The summed E-state index contributed by atoms with van der Waals surface area (Å²) in [5, 5.41) is 29.8. The van der Waals surface area contributed by atoms with Crippen LogP contribution in [0.5, 0.6) is 0 Å². The fourth-order valence-corrected chi connectivity index (χ4v) is 2.67. The van der Waals surface area contributed by atoms with Crippen LogP contribution in [-0.2, 0) is 14.4 Å². The van der Waals surface area contributed by atoms with Crippen LogP contribution in [0.2, 0.25) is 0 Å². The largest absolute Gasteiger partial charge is 0.507 e. The minimum atomic E-state index is -2.15. The summed E-state index contributed by atoms with van der Waals surface area (Å²) in [5.74, 6) is -3.99. The number of aliphatic hydroxyl groups excluding tert-OH is 1. The van der Waals surface area contributed by atoms with Crippen LogP contribution < -0.4 is 0 Å². The Labute approximate surface area is 153 Å². The van der Waals surface area contributed by atoms with E-state index in [0.29, 0.717) is 0 Å². The fourth-order valence-electron chi connectivity index (χ4n) is 2.67. The average molecular weight is 365 g/mol. The number of nitrogens with zero attached hydrogens (tertiary/aromatic N) is 1. The number of amides is 1. The molecule has 0 aliphatic carbocycles. The first kappa shape index (κ1) is 21.6. The van der Waals surface area contributed by atoms with Crippen molar-refractivity contribution in [3.63, 3.8) is 0 Å². The van der Waals surface area contributed by atoms with Gasteiger partial charge in [0.05, 0.1) is 6.04 Å². The second-order valence-corrected chi connectivity index (χ2v) is 6.72. The van der Waals surface area contributed by atoms with Gasteiger partial charge in [0.2, 0.25) is 0 Å². The molecule has 1 aliphatic heterocycles. The summed E-state index contributed by atoms with van der Waals surface area (Å²) in [5.41, 5.74) is -2.55. The third-order valence-electron chi connectivity index (χ3n) is 4.59. The molecule has 144 valence electrons. The van der Waals surface area contributed by atoms with Gasteiger partial charge in [0.1, 0.15) is 11.3 Å². The van der Waals surface area contributed by atoms with Gasteiger partial charge in [-0.3, -0.25) is 9.59 Å². The molecule has 1 aliphatic rings. The van der Waals surface area contributed by atoms with E-state index in [2.05, 4.69) is 0 Å². The van der Waals surface area contributed by atoms with E-state index >= 15 is 0 Å². The van der Waals surface area contributed by atoms with Crippen molar-refractivity contribution in [3.8, 4) is 0 Å². The Morgan fingerprint density at radius 2 is 1.88 bits per heavy atom. The Morgan fingerprint density at radius 3 is 2.38 bits per heavy atom. The van der Waals surface area contributed by atoms with Crippen molar-refractivity contribution in [2.45, 2.75) is 51.7 Å². The van der Waals surface area contributed by atoms with Crippen LogP contribution >= 0.6 is 0 Å². The first-order valence-corrected chi connectivity index (χ1v) is 8.61. The Hall–Kier alpha value is -2.41. The van der Waals surface area contributed by atoms with Crippen LogP contribution in [-0.4, -0.2) is 56.6 Å². The van der Waals surface area contributed by atoms with Gasteiger partial charge in [-0.05, 0) is 18.4 Å². The lowest BCUT2D eigenvalue weighted by Gasteiger charge is -2.31. The summed E-state index contributed by atoms with van der Waals surface area (Å²) < 4.78 is 0. The highest BCUT2D eigenvalue weighted by atomic mass is 16.4. The summed E-state index contributed by atoms with van der Waals surface area (Å²) in [4.78, 5) is 37.4. The number of aliphatic carboxylic acids is 1. The van der Waals surface area contributed by atoms with Gasteiger partial charge < -0.3 is 20.2 Å². The molecular formula is C19H27NO6. The van der Waals surface area contributed by atoms with Crippen molar-refractivity contribution >= 4 is 17.7 Å². The van der Waals surface area contributed by atoms with Crippen molar-refractivity contribution in [2.75, 3.05) is 7.05 Å². The molecule has 3 N–H and O–H groups in total. The zero-order chi connectivity index (χ0) is 20.1.